The molecule has 0 spiro atoms. The van der Waals surface area contributed by atoms with E-state index in [4.69, 9.17) is 0 Å². The van der Waals surface area contributed by atoms with Gasteiger partial charge in [0.05, 0.1) is 18.4 Å². The van der Waals surface area contributed by atoms with Gasteiger partial charge in [-0.15, -0.1) is 0 Å². The molecule has 1 aromatic rings. The average Bonchev–Trinajstić information content (AvgIpc) is 2.41. The summed E-state index contributed by atoms with van der Waals surface area (Å²) >= 11 is 3.24. The predicted octanol–water partition coefficient (Wildman–Crippen LogP) is 1.35. The maximum absolute atomic E-state index is 11.9. The van der Waals surface area contributed by atoms with E-state index in [9.17, 15) is 9.59 Å². The van der Waals surface area contributed by atoms with Crippen molar-refractivity contribution < 1.29 is 4.79 Å². The van der Waals surface area contributed by atoms with Crippen LogP contribution in [0.25, 0.3) is 0 Å². The minimum Gasteiger partial charge on any atom is -0.374 e. The lowest BCUT2D eigenvalue weighted by atomic mass is 10.4. The van der Waals surface area contributed by atoms with Crippen LogP contribution >= 0.6 is 15.9 Å². The van der Waals surface area contributed by atoms with E-state index in [1.807, 2.05) is 13.8 Å². The molecule has 0 aromatic carbocycles. The molecular weight excluding hydrogens is 312 g/mol. The molecule has 0 radical (unpaired) electrons. The summed E-state index contributed by atoms with van der Waals surface area (Å²) in [6.07, 6.45) is 3.28. The number of aryl methyl sites for hydroxylation is 1. The smallest absolute Gasteiger partial charge is 0.283 e. The molecule has 7 heteroatoms. The van der Waals surface area contributed by atoms with Crippen LogP contribution in [0.3, 0.4) is 0 Å². The summed E-state index contributed by atoms with van der Waals surface area (Å²) in [7, 11) is 0. The third-order valence-electron chi connectivity index (χ3n) is 2.43. The van der Waals surface area contributed by atoms with Crippen molar-refractivity contribution in [3.8, 4) is 0 Å². The lowest BCUT2D eigenvalue weighted by molar-refractivity contribution is -0.119. The first-order valence-corrected chi connectivity index (χ1v) is 7.15. The first kappa shape index (κ1) is 15.7. The fourth-order valence-electron chi connectivity index (χ4n) is 1.46. The number of amides is 1. The Labute approximate surface area is 120 Å². The van der Waals surface area contributed by atoms with Crippen molar-refractivity contribution in [2.75, 3.05) is 18.4 Å². The molecule has 0 saturated heterocycles. The van der Waals surface area contributed by atoms with Gasteiger partial charge >= 0.3 is 0 Å². The molecule has 1 heterocycles. The minimum atomic E-state index is -0.194. The van der Waals surface area contributed by atoms with Crippen LogP contribution in [0.4, 0.5) is 5.69 Å². The van der Waals surface area contributed by atoms with E-state index in [0.29, 0.717) is 23.2 Å². The molecule has 1 rings (SSSR count). The van der Waals surface area contributed by atoms with Gasteiger partial charge in [-0.2, -0.15) is 5.10 Å². The molecule has 0 bridgehead atoms. The second kappa shape index (κ2) is 7.93. The number of anilines is 1. The van der Waals surface area contributed by atoms with Gasteiger partial charge in [-0.05, 0) is 28.8 Å². The van der Waals surface area contributed by atoms with Gasteiger partial charge < -0.3 is 10.6 Å². The van der Waals surface area contributed by atoms with Gasteiger partial charge in [0.2, 0.25) is 5.91 Å². The summed E-state index contributed by atoms with van der Waals surface area (Å²) in [5.74, 6) is -0.105. The third-order valence-corrected chi connectivity index (χ3v) is 3.20. The van der Waals surface area contributed by atoms with Gasteiger partial charge in [0.1, 0.15) is 4.47 Å². The molecule has 6 nitrogen and oxygen atoms in total. The molecular formula is C12H19BrN4O2. The second-order valence-corrected chi connectivity index (χ2v) is 4.90. The van der Waals surface area contributed by atoms with Crippen molar-refractivity contribution in [3.63, 3.8) is 0 Å². The summed E-state index contributed by atoms with van der Waals surface area (Å²) in [5.41, 5.74) is 0.338. The van der Waals surface area contributed by atoms with Crippen molar-refractivity contribution in [2.24, 2.45) is 0 Å². The highest BCUT2D eigenvalue weighted by Gasteiger charge is 2.09. The Kier molecular flexibility index (Phi) is 6.55. The molecule has 0 aliphatic carbocycles. The Morgan fingerprint density at radius 3 is 2.79 bits per heavy atom. The third kappa shape index (κ3) is 4.66. The quantitative estimate of drug-likeness (QED) is 0.791. The summed E-state index contributed by atoms with van der Waals surface area (Å²) < 4.78 is 1.80. The molecule has 19 heavy (non-hydrogen) atoms. The summed E-state index contributed by atoms with van der Waals surface area (Å²) in [6.45, 7) is 5.32. The molecule has 1 aromatic heterocycles. The largest absolute Gasteiger partial charge is 0.374 e. The number of halogens is 1. The molecule has 0 aliphatic rings. The molecule has 0 aliphatic heterocycles. The lowest BCUT2D eigenvalue weighted by Crippen LogP contribution is -2.31. The van der Waals surface area contributed by atoms with E-state index >= 15 is 0 Å². The van der Waals surface area contributed by atoms with Gasteiger partial charge in [-0.3, -0.25) is 9.59 Å². The zero-order chi connectivity index (χ0) is 14.3. The molecule has 1 amide bonds. The number of hydrogen-bond acceptors (Lipinski definition) is 4. The fourth-order valence-corrected chi connectivity index (χ4v) is 1.91. The van der Waals surface area contributed by atoms with Crippen LogP contribution < -0.4 is 16.2 Å². The van der Waals surface area contributed by atoms with E-state index in [-0.39, 0.29) is 18.0 Å². The number of rotatable bonds is 7. The zero-order valence-electron chi connectivity index (χ0n) is 11.2. The Bertz CT molecular complexity index is 487. The molecule has 0 fully saturated rings. The minimum absolute atomic E-state index is 0.105. The number of carbonyl (C=O) groups excluding carboxylic acids is 1. The highest BCUT2D eigenvalue weighted by molar-refractivity contribution is 9.10. The standard InChI is InChI=1S/C12H19BrN4O2/c1-3-5-14-10(18)8-15-9-7-16-17(6-4-2)12(19)11(9)13/h7,15H,3-6,8H2,1-2H3,(H,14,18). The van der Waals surface area contributed by atoms with Gasteiger partial charge in [0.25, 0.3) is 5.56 Å². The molecule has 2 N–H and O–H groups in total. The van der Waals surface area contributed by atoms with Crippen LogP contribution in [0.5, 0.6) is 0 Å². The number of nitrogens with one attached hydrogen (secondary N) is 2. The van der Waals surface area contributed by atoms with Crippen LogP contribution in [0.1, 0.15) is 26.7 Å². The maximum Gasteiger partial charge on any atom is 0.283 e. The van der Waals surface area contributed by atoms with Crippen LogP contribution in [0.2, 0.25) is 0 Å². The van der Waals surface area contributed by atoms with E-state index in [1.165, 1.54) is 4.68 Å². The van der Waals surface area contributed by atoms with Gasteiger partial charge in [-0.1, -0.05) is 13.8 Å². The normalized spacial score (nSPS) is 10.3. The van der Waals surface area contributed by atoms with Crippen LogP contribution in [-0.4, -0.2) is 28.8 Å². The highest BCUT2D eigenvalue weighted by atomic mass is 79.9. The van der Waals surface area contributed by atoms with Crippen molar-refractivity contribution in [1.29, 1.82) is 0 Å². The van der Waals surface area contributed by atoms with Crippen molar-refractivity contribution in [3.05, 3.63) is 21.0 Å². The van der Waals surface area contributed by atoms with Gasteiger partial charge in [-0.25, -0.2) is 4.68 Å². The number of hydrogen-bond donors (Lipinski definition) is 2. The molecule has 0 saturated carbocycles. The number of nitrogens with zero attached hydrogens (tertiary/aromatic N) is 2. The number of aromatic nitrogens is 2. The van der Waals surface area contributed by atoms with E-state index in [0.717, 1.165) is 12.8 Å². The Morgan fingerprint density at radius 2 is 2.16 bits per heavy atom. The Balaban J connectivity index is 2.67. The second-order valence-electron chi connectivity index (χ2n) is 4.10. The maximum atomic E-state index is 11.9. The van der Waals surface area contributed by atoms with Crippen molar-refractivity contribution in [1.82, 2.24) is 15.1 Å². The predicted molar refractivity (Wildman–Crippen MR) is 78.3 cm³/mol. The first-order chi connectivity index (χ1) is 9.10. The SMILES string of the molecule is CCCNC(=O)CNc1cnn(CCC)c(=O)c1Br. The van der Waals surface area contributed by atoms with Crippen LogP contribution in [0.15, 0.2) is 15.5 Å². The Morgan fingerprint density at radius 1 is 1.42 bits per heavy atom. The average molecular weight is 331 g/mol. The summed E-state index contributed by atoms with van der Waals surface area (Å²) in [4.78, 5) is 23.4. The molecule has 0 atom stereocenters. The lowest BCUT2D eigenvalue weighted by Gasteiger charge is -2.10. The van der Waals surface area contributed by atoms with Crippen LogP contribution in [-0.2, 0) is 11.3 Å². The van der Waals surface area contributed by atoms with Gasteiger partial charge in [0.15, 0.2) is 0 Å². The van der Waals surface area contributed by atoms with Crippen molar-refractivity contribution in [2.45, 2.75) is 33.2 Å². The monoisotopic (exact) mass is 330 g/mol. The highest BCUT2D eigenvalue weighted by Crippen LogP contribution is 2.15. The first-order valence-electron chi connectivity index (χ1n) is 6.36. The molecule has 106 valence electrons. The van der Waals surface area contributed by atoms with E-state index in [1.54, 1.807) is 6.20 Å². The van der Waals surface area contributed by atoms with Crippen molar-refractivity contribution >= 4 is 27.5 Å². The molecule has 0 unspecified atom stereocenters. The number of carbonyl (C=O) groups is 1. The van der Waals surface area contributed by atoms with Gasteiger partial charge in [0, 0.05) is 13.1 Å². The van der Waals surface area contributed by atoms with E-state index < -0.39 is 0 Å². The Hall–Kier alpha value is -1.37. The van der Waals surface area contributed by atoms with E-state index in [2.05, 4.69) is 31.7 Å². The zero-order valence-corrected chi connectivity index (χ0v) is 12.8. The summed E-state index contributed by atoms with van der Waals surface area (Å²) in [6, 6.07) is 0. The van der Waals surface area contributed by atoms with Crippen LogP contribution in [0, 0.1) is 0 Å². The topological polar surface area (TPSA) is 76.0 Å². The summed E-state index contributed by atoms with van der Waals surface area (Å²) in [5, 5.41) is 9.69. The fraction of sp³-hybridized carbons (Fsp3) is 0.583.